The average Bonchev–Trinajstić information content (AvgIpc) is 2.88. The van der Waals surface area contributed by atoms with E-state index in [0.29, 0.717) is 6.42 Å². The summed E-state index contributed by atoms with van der Waals surface area (Å²) in [7, 11) is 1.86. The van der Waals surface area contributed by atoms with Crippen LogP contribution >= 0.6 is 11.3 Å². The van der Waals surface area contributed by atoms with E-state index in [1.807, 2.05) is 49.7 Å². The Morgan fingerprint density at radius 1 is 1.37 bits per heavy atom. The number of carbonyl (C=O) groups excluding carboxylic acids is 1. The van der Waals surface area contributed by atoms with Crippen LogP contribution in [0.4, 0.5) is 0 Å². The third kappa shape index (κ3) is 3.72. The van der Waals surface area contributed by atoms with Gasteiger partial charge in [-0.2, -0.15) is 0 Å². The Morgan fingerprint density at radius 3 is 2.79 bits per heavy atom. The number of ketones is 1. The van der Waals surface area contributed by atoms with Gasteiger partial charge in [0.25, 0.3) is 0 Å². The minimum atomic E-state index is 0.0362. The van der Waals surface area contributed by atoms with Crippen LogP contribution in [0.1, 0.15) is 11.9 Å². The zero-order valence-corrected chi connectivity index (χ0v) is 12.0. The largest absolute Gasteiger partial charge is 0.319 e. The molecule has 1 aromatic carbocycles. The highest BCUT2D eigenvalue weighted by Crippen LogP contribution is 2.22. The molecule has 2 rings (SSSR count). The molecule has 2 aromatic rings. The molecule has 0 bridgehead atoms. The van der Waals surface area contributed by atoms with Gasteiger partial charge in [0.2, 0.25) is 0 Å². The summed E-state index contributed by atoms with van der Waals surface area (Å²) in [6, 6.07) is 10.0. The van der Waals surface area contributed by atoms with Crippen molar-refractivity contribution in [3.8, 4) is 11.3 Å². The van der Waals surface area contributed by atoms with Crippen LogP contribution in [0.25, 0.3) is 11.3 Å². The highest BCUT2D eigenvalue weighted by molar-refractivity contribution is 7.10. The number of hydrogen-bond acceptors (Lipinski definition) is 4. The Labute approximate surface area is 117 Å². The summed E-state index contributed by atoms with van der Waals surface area (Å²) in [6.45, 7) is 2.67. The van der Waals surface area contributed by atoms with E-state index in [2.05, 4.69) is 10.3 Å². The Morgan fingerprint density at radius 2 is 2.11 bits per heavy atom. The van der Waals surface area contributed by atoms with Gasteiger partial charge in [-0.3, -0.25) is 4.79 Å². The first kappa shape index (κ1) is 13.9. The van der Waals surface area contributed by atoms with Gasteiger partial charge in [-0.25, -0.2) is 4.98 Å². The van der Waals surface area contributed by atoms with E-state index < -0.39 is 0 Å². The molecule has 1 aromatic heterocycles. The normalized spacial score (nSPS) is 12.3. The minimum absolute atomic E-state index is 0.0362. The Bertz CT molecular complexity index is 536. The summed E-state index contributed by atoms with van der Waals surface area (Å²) >= 11 is 1.56. The van der Waals surface area contributed by atoms with Gasteiger partial charge < -0.3 is 5.32 Å². The second kappa shape index (κ2) is 6.59. The number of Topliss-reactive ketones (excluding diaryl/α,β-unsaturated/α-hetero) is 1. The SMILES string of the molecule is CNCC(C)C(=O)Cc1nc(-c2ccccc2)cs1. The van der Waals surface area contributed by atoms with Gasteiger partial charge in [-0.1, -0.05) is 37.3 Å². The third-order valence-corrected chi connectivity index (χ3v) is 3.86. The first-order valence-corrected chi connectivity index (χ1v) is 7.26. The molecule has 1 atom stereocenters. The molecular weight excluding hydrogens is 256 g/mol. The number of nitrogens with one attached hydrogen (secondary N) is 1. The van der Waals surface area contributed by atoms with Gasteiger partial charge >= 0.3 is 0 Å². The molecule has 0 saturated carbocycles. The lowest BCUT2D eigenvalue weighted by molar-refractivity contribution is -0.121. The van der Waals surface area contributed by atoms with Crippen molar-refractivity contribution in [1.29, 1.82) is 0 Å². The lowest BCUT2D eigenvalue weighted by Gasteiger charge is -2.07. The molecule has 0 saturated heterocycles. The molecule has 0 aliphatic heterocycles. The maximum Gasteiger partial charge on any atom is 0.143 e. The quantitative estimate of drug-likeness (QED) is 0.880. The fraction of sp³-hybridized carbons (Fsp3) is 0.333. The fourth-order valence-electron chi connectivity index (χ4n) is 1.88. The second-order valence-corrected chi connectivity index (χ2v) is 5.54. The maximum absolute atomic E-state index is 12.0. The zero-order valence-electron chi connectivity index (χ0n) is 11.2. The van der Waals surface area contributed by atoms with Gasteiger partial charge in [0.1, 0.15) is 10.8 Å². The predicted molar refractivity (Wildman–Crippen MR) is 79.4 cm³/mol. The van der Waals surface area contributed by atoms with Crippen LogP contribution in [0, 0.1) is 5.92 Å². The van der Waals surface area contributed by atoms with E-state index in [-0.39, 0.29) is 11.7 Å². The van der Waals surface area contributed by atoms with Crippen molar-refractivity contribution in [1.82, 2.24) is 10.3 Å². The van der Waals surface area contributed by atoms with E-state index in [9.17, 15) is 4.79 Å². The Hall–Kier alpha value is -1.52. The molecule has 0 aliphatic rings. The van der Waals surface area contributed by atoms with Crippen molar-refractivity contribution in [2.75, 3.05) is 13.6 Å². The van der Waals surface area contributed by atoms with Crippen molar-refractivity contribution in [2.24, 2.45) is 5.92 Å². The van der Waals surface area contributed by atoms with Crippen molar-refractivity contribution in [2.45, 2.75) is 13.3 Å². The number of benzene rings is 1. The van der Waals surface area contributed by atoms with E-state index in [1.54, 1.807) is 11.3 Å². The lowest BCUT2D eigenvalue weighted by Crippen LogP contribution is -2.24. The number of rotatable bonds is 6. The highest BCUT2D eigenvalue weighted by Gasteiger charge is 2.14. The van der Waals surface area contributed by atoms with Gasteiger partial charge in [0.15, 0.2) is 0 Å². The fourth-order valence-corrected chi connectivity index (χ4v) is 2.69. The summed E-state index contributed by atoms with van der Waals surface area (Å²) in [5.74, 6) is 0.275. The standard InChI is InChI=1S/C15H18N2OS/c1-11(9-16-2)14(18)8-15-17-13(10-19-15)12-6-4-3-5-7-12/h3-7,10-11,16H,8-9H2,1-2H3. The number of nitrogens with zero attached hydrogens (tertiary/aromatic N) is 1. The van der Waals surface area contributed by atoms with Crippen LogP contribution in [0.15, 0.2) is 35.7 Å². The minimum Gasteiger partial charge on any atom is -0.319 e. The number of carbonyl (C=O) groups is 1. The molecule has 4 heteroatoms. The van der Waals surface area contributed by atoms with Crippen molar-refractivity contribution in [3.63, 3.8) is 0 Å². The first-order valence-electron chi connectivity index (χ1n) is 6.38. The summed E-state index contributed by atoms with van der Waals surface area (Å²) < 4.78 is 0. The van der Waals surface area contributed by atoms with E-state index in [0.717, 1.165) is 22.8 Å². The van der Waals surface area contributed by atoms with E-state index in [1.165, 1.54) is 0 Å². The predicted octanol–water partition coefficient (Wildman–Crippen LogP) is 2.78. The molecule has 100 valence electrons. The second-order valence-electron chi connectivity index (χ2n) is 4.59. The van der Waals surface area contributed by atoms with E-state index in [4.69, 9.17) is 0 Å². The molecule has 19 heavy (non-hydrogen) atoms. The molecule has 0 amide bonds. The number of thiazole rings is 1. The van der Waals surface area contributed by atoms with Crippen molar-refractivity contribution < 1.29 is 4.79 Å². The van der Waals surface area contributed by atoms with Gasteiger partial charge in [-0.05, 0) is 7.05 Å². The molecule has 1 unspecified atom stereocenters. The maximum atomic E-state index is 12.0. The Kier molecular flexibility index (Phi) is 4.82. The summed E-state index contributed by atoms with van der Waals surface area (Å²) in [5, 5.41) is 5.94. The van der Waals surface area contributed by atoms with Gasteiger partial charge in [-0.15, -0.1) is 11.3 Å². The molecule has 0 aliphatic carbocycles. The number of hydrogen-bond donors (Lipinski definition) is 1. The molecule has 1 heterocycles. The monoisotopic (exact) mass is 274 g/mol. The van der Waals surface area contributed by atoms with Crippen LogP contribution in [0.5, 0.6) is 0 Å². The molecular formula is C15H18N2OS. The average molecular weight is 274 g/mol. The van der Waals surface area contributed by atoms with Crippen molar-refractivity contribution in [3.05, 3.63) is 40.7 Å². The molecule has 3 nitrogen and oxygen atoms in total. The van der Waals surface area contributed by atoms with E-state index >= 15 is 0 Å². The topological polar surface area (TPSA) is 42.0 Å². The van der Waals surface area contributed by atoms with Crippen LogP contribution in [0.3, 0.4) is 0 Å². The zero-order chi connectivity index (χ0) is 13.7. The number of aromatic nitrogens is 1. The van der Waals surface area contributed by atoms with Gasteiger partial charge in [0, 0.05) is 23.4 Å². The molecule has 0 spiro atoms. The summed E-state index contributed by atoms with van der Waals surface area (Å²) in [4.78, 5) is 16.5. The van der Waals surface area contributed by atoms with Crippen LogP contribution in [-0.2, 0) is 11.2 Å². The summed E-state index contributed by atoms with van der Waals surface area (Å²) in [6.07, 6.45) is 0.431. The van der Waals surface area contributed by atoms with Crippen LogP contribution < -0.4 is 5.32 Å². The highest BCUT2D eigenvalue weighted by atomic mass is 32.1. The van der Waals surface area contributed by atoms with Crippen LogP contribution in [-0.4, -0.2) is 24.4 Å². The third-order valence-electron chi connectivity index (χ3n) is 3.01. The lowest BCUT2D eigenvalue weighted by atomic mass is 10.0. The molecule has 0 fully saturated rings. The first-order chi connectivity index (χ1) is 9.20. The smallest absolute Gasteiger partial charge is 0.143 e. The molecule has 0 radical (unpaired) electrons. The Balaban J connectivity index is 2.04. The summed E-state index contributed by atoms with van der Waals surface area (Å²) in [5.41, 5.74) is 2.05. The van der Waals surface area contributed by atoms with Crippen molar-refractivity contribution >= 4 is 17.1 Å². The molecule has 1 N–H and O–H groups in total. The van der Waals surface area contributed by atoms with Crippen LogP contribution in [0.2, 0.25) is 0 Å². The van der Waals surface area contributed by atoms with Gasteiger partial charge in [0.05, 0.1) is 12.1 Å².